The van der Waals surface area contributed by atoms with Crippen molar-refractivity contribution >= 4 is 39.0 Å². The summed E-state index contributed by atoms with van der Waals surface area (Å²) in [5.41, 5.74) is 7.56. The van der Waals surface area contributed by atoms with Gasteiger partial charge in [0.2, 0.25) is 0 Å². The first kappa shape index (κ1) is 21.8. The van der Waals surface area contributed by atoms with Crippen LogP contribution in [0.15, 0.2) is 16.6 Å². The van der Waals surface area contributed by atoms with Crippen LogP contribution in [0.3, 0.4) is 0 Å². The van der Waals surface area contributed by atoms with E-state index >= 15 is 0 Å². The molecule has 2 heterocycles. The SMILES string of the molecule is CCOc1nc(Cl)c(C2OCCO2)c(NNc2c(C)cc(OC(F)F)cc2Br)n1. The average Bonchev–Trinajstić information content (AvgIpc) is 3.14. The highest BCUT2D eigenvalue weighted by Crippen LogP contribution is 2.36. The van der Waals surface area contributed by atoms with Gasteiger partial charge in [0.05, 0.1) is 31.1 Å². The molecule has 0 amide bonds. The van der Waals surface area contributed by atoms with Gasteiger partial charge in [-0.2, -0.15) is 18.7 Å². The predicted molar refractivity (Wildman–Crippen MR) is 106 cm³/mol. The lowest BCUT2D eigenvalue weighted by Crippen LogP contribution is -2.17. The summed E-state index contributed by atoms with van der Waals surface area (Å²) in [6, 6.07) is 2.98. The van der Waals surface area contributed by atoms with Crippen LogP contribution in [0.2, 0.25) is 5.15 Å². The maximum absolute atomic E-state index is 12.5. The number of ether oxygens (including phenoxy) is 4. The molecule has 0 bridgehead atoms. The first-order valence-electron chi connectivity index (χ1n) is 8.59. The van der Waals surface area contributed by atoms with Gasteiger partial charge < -0.3 is 18.9 Å². The first-order valence-corrected chi connectivity index (χ1v) is 9.76. The van der Waals surface area contributed by atoms with E-state index in [4.69, 9.17) is 25.8 Å². The summed E-state index contributed by atoms with van der Waals surface area (Å²) in [5, 5.41) is 0.121. The average molecular weight is 496 g/mol. The quantitative estimate of drug-likeness (QED) is 0.403. The molecule has 29 heavy (non-hydrogen) atoms. The molecule has 2 aromatic rings. The standard InChI is InChI=1S/C17H18BrClF2N4O4/c1-3-26-17-22-13(19)11(15-27-4-5-28-15)14(23-17)25-24-12-8(2)6-9(7-10(12)18)29-16(20)21/h6-7,15-16,24H,3-5H2,1-2H3,(H,22,23,25). The number of rotatable bonds is 8. The van der Waals surface area contributed by atoms with Gasteiger partial charge in [-0.15, -0.1) is 0 Å². The van der Waals surface area contributed by atoms with Crippen LogP contribution in [0.1, 0.15) is 24.3 Å². The molecule has 1 aromatic heterocycles. The van der Waals surface area contributed by atoms with Crippen molar-refractivity contribution in [3.05, 3.63) is 32.9 Å². The topological polar surface area (TPSA) is 86.8 Å². The second kappa shape index (κ2) is 9.70. The van der Waals surface area contributed by atoms with Crippen molar-refractivity contribution in [2.45, 2.75) is 26.7 Å². The third-order valence-electron chi connectivity index (χ3n) is 3.80. The van der Waals surface area contributed by atoms with Crippen molar-refractivity contribution in [3.8, 4) is 11.8 Å². The minimum absolute atomic E-state index is 0.0343. The first-order chi connectivity index (χ1) is 13.9. The summed E-state index contributed by atoms with van der Waals surface area (Å²) < 4.78 is 46.2. The van der Waals surface area contributed by atoms with Crippen LogP contribution >= 0.6 is 27.5 Å². The molecule has 1 aromatic carbocycles. The van der Waals surface area contributed by atoms with Gasteiger partial charge >= 0.3 is 12.6 Å². The Morgan fingerprint density at radius 2 is 2.00 bits per heavy atom. The van der Waals surface area contributed by atoms with Crippen molar-refractivity contribution in [1.29, 1.82) is 0 Å². The minimum Gasteiger partial charge on any atom is -0.464 e. The molecular formula is C17H18BrClF2N4O4. The molecule has 0 radical (unpaired) electrons. The van der Waals surface area contributed by atoms with E-state index in [1.165, 1.54) is 12.1 Å². The Kier molecular flexibility index (Phi) is 7.28. The van der Waals surface area contributed by atoms with Crippen molar-refractivity contribution in [3.63, 3.8) is 0 Å². The molecule has 1 aliphatic rings. The molecule has 0 saturated carbocycles. The summed E-state index contributed by atoms with van der Waals surface area (Å²) in [5.74, 6) is 0.326. The van der Waals surface area contributed by atoms with Gasteiger partial charge in [0.25, 0.3) is 0 Å². The zero-order chi connectivity index (χ0) is 21.0. The molecule has 3 rings (SSSR count). The summed E-state index contributed by atoms with van der Waals surface area (Å²) >= 11 is 9.65. The van der Waals surface area contributed by atoms with E-state index < -0.39 is 12.9 Å². The smallest absolute Gasteiger partial charge is 0.387 e. The van der Waals surface area contributed by atoms with Crippen molar-refractivity contribution < 1.29 is 27.7 Å². The van der Waals surface area contributed by atoms with Gasteiger partial charge in [-0.05, 0) is 47.5 Å². The zero-order valence-electron chi connectivity index (χ0n) is 15.5. The van der Waals surface area contributed by atoms with Gasteiger partial charge in [0, 0.05) is 4.47 Å². The highest BCUT2D eigenvalue weighted by Gasteiger charge is 2.27. The van der Waals surface area contributed by atoms with Crippen LogP contribution in [0.5, 0.6) is 11.8 Å². The third kappa shape index (κ3) is 5.35. The van der Waals surface area contributed by atoms with Crippen LogP contribution in [0.4, 0.5) is 20.3 Å². The number of nitrogens with one attached hydrogen (secondary N) is 2. The Hall–Kier alpha value is -1.95. The largest absolute Gasteiger partial charge is 0.464 e. The number of hydrogen-bond donors (Lipinski definition) is 2. The predicted octanol–water partition coefficient (Wildman–Crippen LogP) is 4.69. The maximum atomic E-state index is 12.5. The molecule has 2 N–H and O–H groups in total. The number of hydrazine groups is 1. The number of halogens is 4. The lowest BCUT2D eigenvalue weighted by molar-refractivity contribution is -0.0499. The fourth-order valence-corrected chi connectivity index (χ4v) is 3.50. The Labute approximate surface area is 179 Å². The fourth-order valence-electron chi connectivity index (χ4n) is 2.61. The molecule has 8 nitrogen and oxygen atoms in total. The second-order valence-electron chi connectivity index (χ2n) is 5.79. The van der Waals surface area contributed by atoms with Crippen LogP contribution in [0.25, 0.3) is 0 Å². The number of benzene rings is 1. The Balaban J connectivity index is 1.87. The third-order valence-corrected chi connectivity index (χ3v) is 4.72. The Morgan fingerprint density at radius 3 is 2.62 bits per heavy atom. The van der Waals surface area contributed by atoms with Gasteiger partial charge in [-0.25, -0.2) is 0 Å². The number of anilines is 2. The number of alkyl halides is 2. The molecule has 0 atom stereocenters. The number of aryl methyl sites for hydroxylation is 1. The van der Waals surface area contributed by atoms with Crippen LogP contribution in [0, 0.1) is 6.92 Å². The zero-order valence-corrected chi connectivity index (χ0v) is 17.8. The maximum Gasteiger partial charge on any atom is 0.387 e. The van der Waals surface area contributed by atoms with E-state index in [-0.39, 0.29) is 16.9 Å². The Morgan fingerprint density at radius 1 is 1.28 bits per heavy atom. The summed E-state index contributed by atoms with van der Waals surface area (Å²) in [4.78, 5) is 8.41. The van der Waals surface area contributed by atoms with Crippen LogP contribution in [-0.4, -0.2) is 36.4 Å². The number of aromatic nitrogens is 2. The summed E-state index contributed by atoms with van der Waals surface area (Å²) in [6.07, 6.45) is -0.728. The Bertz CT molecular complexity index is 849. The van der Waals surface area contributed by atoms with E-state index in [1.54, 1.807) is 13.8 Å². The fraction of sp³-hybridized carbons (Fsp3) is 0.412. The van der Waals surface area contributed by atoms with E-state index in [0.29, 0.717) is 46.9 Å². The molecular weight excluding hydrogens is 478 g/mol. The van der Waals surface area contributed by atoms with E-state index in [9.17, 15) is 8.78 Å². The second-order valence-corrected chi connectivity index (χ2v) is 7.00. The van der Waals surface area contributed by atoms with Crippen LogP contribution in [-0.2, 0) is 9.47 Å². The minimum atomic E-state index is -2.91. The summed E-state index contributed by atoms with van der Waals surface area (Å²) in [7, 11) is 0. The molecule has 0 spiro atoms. The van der Waals surface area contributed by atoms with Crippen molar-refractivity contribution in [1.82, 2.24) is 9.97 Å². The molecule has 1 saturated heterocycles. The van der Waals surface area contributed by atoms with E-state index in [1.807, 2.05) is 0 Å². The number of hydrogen-bond acceptors (Lipinski definition) is 8. The van der Waals surface area contributed by atoms with Gasteiger partial charge in [-0.1, -0.05) is 11.6 Å². The van der Waals surface area contributed by atoms with E-state index in [2.05, 4.69) is 41.5 Å². The van der Waals surface area contributed by atoms with Gasteiger partial charge in [0.1, 0.15) is 10.9 Å². The molecule has 1 fully saturated rings. The number of nitrogens with zero attached hydrogens (tertiary/aromatic N) is 2. The van der Waals surface area contributed by atoms with Crippen molar-refractivity contribution in [2.75, 3.05) is 30.7 Å². The molecule has 12 heteroatoms. The molecule has 158 valence electrons. The summed E-state index contributed by atoms with van der Waals surface area (Å²) in [6.45, 7) is 1.80. The highest BCUT2D eigenvalue weighted by atomic mass is 79.9. The van der Waals surface area contributed by atoms with Gasteiger partial charge in [0.15, 0.2) is 12.1 Å². The van der Waals surface area contributed by atoms with E-state index in [0.717, 1.165) is 0 Å². The molecule has 0 aliphatic carbocycles. The lowest BCUT2D eigenvalue weighted by Gasteiger charge is -2.19. The highest BCUT2D eigenvalue weighted by molar-refractivity contribution is 9.10. The monoisotopic (exact) mass is 494 g/mol. The lowest BCUT2D eigenvalue weighted by atomic mass is 10.2. The normalized spacial score (nSPS) is 14.3. The molecule has 1 aliphatic heterocycles. The molecule has 0 unspecified atom stereocenters. The van der Waals surface area contributed by atoms with Crippen molar-refractivity contribution in [2.24, 2.45) is 0 Å². The van der Waals surface area contributed by atoms with Gasteiger partial charge in [-0.3, -0.25) is 10.9 Å². The van der Waals surface area contributed by atoms with Crippen LogP contribution < -0.4 is 20.3 Å².